The van der Waals surface area contributed by atoms with Crippen molar-refractivity contribution in [3.05, 3.63) is 35.9 Å². The lowest BCUT2D eigenvalue weighted by Crippen LogP contribution is -2.45. The van der Waals surface area contributed by atoms with Crippen LogP contribution in [0.25, 0.3) is 0 Å². The number of benzene rings is 1. The van der Waals surface area contributed by atoms with Crippen LogP contribution in [-0.4, -0.2) is 36.0 Å². The Balaban J connectivity index is 1.54. The number of carbonyl (C=O) groups excluding carboxylic acids is 1. The Morgan fingerprint density at radius 1 is 1.00 bits per heavy atom. The molecule has 1 aliphatic carbocycles. The molecule has 1 amide bonds. The van der Waals surface area contributed by atoms with Crippen LogP contribution < -0.4 is 5.32 Å². The molecule has 0 aromatic heterocycles. The van der Waals surface area contributed by atoms with Gasteiger partial charge < -0.3 is 10.2 Å². The van der Waals surface area contributed by atoms with Gasteiger partial charge >= 0.3 is 0 Å². The normalized spacial score (nSPS) is 21.0. The molecular formula is C15H20N2O. The summed E-state index contributed by atoms with van der Waals surface area (Å²) in [4.78, 5) is 14.2. The maximum absolute atomic E-state index is 12.2. The molecule has 3 rings (SSSR count). The van der Waals surface area contributed by atoms with E-state index in [0.717, 1.165) is 37.5 Å². The predicted octanol–water partition coefficient (Wildman–Crippen LogP) is 2.04. The number of piperidine rings is 1. The highest BCUT2D eigenvalue weighted by molar-refractivity contribution is 5.94. The van der Waals surface area contributed by atoms with Crippen molar-refractivity contribution in [1.29, 1.82) is 0 Å². The van der Waals surface area contributed by atoms with Gasteiger partial charge in [-0.2, -0.15) is 0 Å². The van der Waals surface area contributed by atoms with E-state index in [4.69, 9.17) is 0 Å². The van der Waals surface area contributed by atoms with Gasteiger partial charge in [0.2, 0.25) is 0 Å². The first kappa shape index (κ1) is 11.7. The summed E-state index contributed by atoms with van der Waals surface area (Å²) in [5.74, 6) is 0.181. The molecule has 0 bridgehead atoms. The van der Waals surface area contributed by atoms with E-state index in [1.165, 1.54) is 12.8 Å². The average molecular weight is 244 g/mol. The van der Waals surface area contributed by atoms with Gasteiger partial charge in [0.1, 0.15) is 0 Å². The summed E-state index contributed by atoms with van der Waals surface area (Å²) in [7, 11) is 0. The largest absolute Gasteiger partial charge is 0.339 e. The topological polar surface area (TPSA) is 32.3 Å². The second kappa shape index (κ2) is 5.11. The first-order valence-electron chi connectivity index (χ1n) is 6.93. The Kier molecular flexibility index (Phi) is 3.33. The van der Waals surface area contributed by atoms with Gasteiger partial charge in [-0.15, -0.1) is 0 Å². The highest BCUT2D eigenvalue weighted by Gasteiger charge is 2.28. The molecule has 18 heavy (non-hydrogen) atoms. The maximum Gasteiger partial charge on any atom is 0.253 e. The Bertz CT molecular complexity index is 406. The quantitative estimate of drug-likeness (QED) is 0.882. The third-order valence-corrected chi connectivity index (χ3v) is 3.85. The van der Waals surface area contributed by atoms with Gasteiger partial charge in [-0.05, 0) is 37.8 Å². The molecule has 1 saturated carbocycles. The molecule has 3 nitrogen and oxygen atoms in total. The summed E-state index contributed by atoms with van der Waals surface area (Å²) in [5.41, 5.74) is 0.811. The minimum absolute atomic E-state index is 0.181. The van der Waals surface area contributed by atoms with Crippen molar-refractivity contribution in [2.24, 2.45) is 0 Å². The van der Waals surface area contributed by atoms with Crippen LogP contribution in [0.2, 0.25) is 0 Å². The molecule has 1 aromatic carbocycles. The van der Waals surface area contributed by atoms with Crippen molar-refractivity contribution in [3.8, 4) is 0 Å². The molecule has 0 atom stereocenters. The Morgan fingerprint density at radius 3 is 2.22 bits per heavy atom. The standard InChI is InChI=1S/C15H20N2O/c18-15(12-4-2-1-3-5-12)17-10-8-14(9-11-17)16-13-6-7-13/h1-5,13-14,16H,6-11H2. The molecule has 1 heterocycles. The van der Waals surface area contributed by atoms with E-state index in [-0.39, 0.29) is 5.91 Å². The average Bonchev–Trinajstić information content (AvgIpc) is 3.24. The zero-order chi connectivity index (χ0) is 12.4. The maximum atomic E-state index is 12.2. The van der Waals surface area contributed by atoms with Gasteiger partial charge in [0, 0.05) is 30.7 Å². The van der Waals surface area contributed by atoms with E-state index in [0.29, 0.717) is 6.04 Å². The van der Waals surface area contributed by atoms with Crippen molar-refractivity contribution in [2.75, 3.05) is 13.1 Å². The van der Waals surface area contributed by atoms with E-state index in [2.05, 4.69) is 5.32 Å². The molecule has 1 saturated heterocycles. The van der Waals surface area contributed by atoms with Crippen LogP contribution in [0, 0.1) is 0 Å². The number of carbonyl (C=O) groups is 1. The Hall–Kier alpha value is -1.35. The minimum atomic E-state index is 0.181. The molecule has 1 N–H and O–H groups in total. The highest BCUT2D eigenvalue weighted by atomic mass is 16.2. The number of nitrogens with one attached hydrogen (secondary N) is 1. The molecule has 0 spiro atoms. The van der Waals surface area contributed by atoms with Crippen LogP contribution in [0.5, 0.6) is 0 Å². The summed E-state index contributed by atoms with van der Waals surface area (Å²) in [5, 5.41) is 3.65. The van der Waals surface area contributed by atoms with Crippen LogP contribution in [0.3, 0.4) is 0 Å². The van der Waals surface area contributed by atoms with E-state index in [9.17, 15) is 4.79 Å². The molecule has 3 heteroatoms. The van der Waals surface area contributed by atoms with Crippen LogP contribution in [0.1, 0.15) is 36.0 Å². The van der Waals surface area contributed by atoms with Crippen molar-refractivity contribution in [2.45, 2.75) is 37.8 Å². The van der Waals surface area contributed by atoms with Crippen molar-refractivity contribution >= 4 is 5.91 Å². The number of hydrogen-bond donors (Lipinski definition) is 1. The zero-order valence-electron chi connectivity index (χ0n) is 10.6. The SMILES string of the molecule is O=C(c1ccccc1)N1CCC(NC2CC2)CC1. The molecular weight excluding hydrogens is 224 g/mol. The summed E-state index contributed by atoms with van der Waals surface area (Å²) < 4.78 is 0. The highest BCUT2D eigenvalue weighted by Crippen LogP contribution is 2.22. The van der Waals surface area contributed by atoms with Crippen LogP contribution >= 0.6 is 0 Å². The summed E-state index contributed by atoms with van der Waals surface area (Å²) >= 11 is 0. The van der Waals surface area contributed by atoms with Gasteiger partial charge in [-0.25, -0.2) is 0 Å². The van der Waals surface area contributed by atoms with Gasteiger partial charge in [0.05, 0.1) is 0 Å². The van der Waals surface area contributed by atoms with Gasteiger partial charge in [-0.3, -0.25) is 4.79 Å². The Labute approximate surface area is 108 Å². The molecule has 1 aromatic rings. The molecule has 1 aliphatic heterocycles. The summed E-state index contributed by atoms with van der Waals surface area (Å²) in [6.07, 6.45) is 4.86. The number of rotatable bonds is 3. The van der Waals surface area contributed by atoms with E-state index < -0.39 is 0 Å². The third kappa shape index (κ3) is 2.72. The van der Waals surface area contributed by atoms with E-state index in [1.807, 2.05) is 35.2 Å². The number of hydrogen-bond acceptors (Lipinski definition) is 2. The second-order valence-electron chi connectivity index (χ2n) is 5.37. The van der Waals surface area contributed by atoms with Crippen molar-refractivity contribution in [3.63, 3.8) is 0 Å². The second-order valence-corrected chi connectivity index (χ2v) is 5.37. The lowest BCUT2D eigenvalue weighted by Gasteiger charge is -2.32. The van der Waals surface area contributed by atoms with E-state index >= 15 is 0 Å². The predicted molar refractivity (Wildman–Crippen MR) is 71.5 cm³/mol. The smallest absolute Gasteiger partial charge is 0.253 e. The van der Waals surface area contributed by atoms with Gasteiger partial charge in [-0.1, -0.05) is 18.2 Å². The number of amides is 1. The van der Waals surface area contributed by atoms with Gasteiger partial charge in [0.15, 0.2) is 0 Å². The Morgan fingerprint density at radius 2 is 1.61 bits per heavy atom. The molecule has 96 valence electrons. The number of likely N-dealkylation sites (tertiary alicyclic amines) is 1. The van der Waals surface area contributed by atoms with Gasteiger partial charge in [0.25, 0.3) is 5.91 Å². The fourth-order valence-electron chi connectivity index (χ4n) is 2.60. The number of nitrogens with zero attached hydrogens (tertiary/aromatic N) is 1. The summed E-state index contributed by atoms with van der Waals surface area (Å²) in [6.45, 7) is 1.77. The van der Waals surface area contributed by atoms with Crippen molar-refractivity contribution < 1.29 is 4.79 Å². The molecule has 2 fully saturated rings. The lowest BCUT2D eigenvalue weighted by molar-refractivity contribution is 0.0705. The molecule has 0 unspecified atom stereocenters. The molecule has 0 radical (unpaired) electrons. The fraction of sp³-hybridized carbons (Fsp3) is 0.533. The lowest BCUT2D eigenvalue weighted by atomic mass is 10.0. The third-order valence-electron chi connectivity index (χ3n) is 3.85. The first-order valence-corrected chi connectivity index (χ1v) is 6.93. The molecule has 2 aliphatic rings. The monoisotopic (exact) mass is 244 g/mol. The fourth-order valence-corrected chi connectivity index (χ4v) is 2.60. The van der Waals surface area contributed by atoms with Crippen LogP contribution in [0.15, 0.2) is 30.3 Å². The van der Waals surface area contributed by atoms with Crippen molar-refractivity contribution in [1.82, 2.24) is 10.2 Å². The zero-order valence-corrected chi connectivity index (χ0v) is 10.6. The summed E-state index contributed by atoms with van der Waals surface area (Å²) in [6, 6.07) is 11.0. The van der Waals surface area contributed by atoms with Crippen LogP contribution in [0.4, 0.5) is 0 Å². The van der Waals surface area contributed by atoms with E-state index in [1.54, 1.807) is 0 Å². The minimum Gasteiger partial charge on any atom is -0.339 e. The van der Waals surface area contributed by atoms with Crippen LogP contribution in [-0.2, 0) is 0 Å². The first-order chi connectivity index (χ1) is 8.83.